The summed E-state index contributed by atoms with van der Waals surface area (Å²) in [6.07, 6.45) is -0.262. The van der Waals surface area contributed by atoms with Gasteiger partial charge in [0.25, 0.3) is 0 Å². The first-order valence-electron chi connectivity index (χ1n) is 11.5. The number of thiol groups is 1. The summed E-state index contributed by atoms with van der Waals surface area (Å²) in [5.41, 5.74) is 12.7. The third-order valence-electron chi connectivity index (χ3n) is 5.39. The Labute approximate surface area is 219 Å². The van der Waals surface area contributed by atoms with Crippen LogP contribution in [0.15, 0.2) is 60.7 Å². The van der Waals surface area contributed by atoms with Gasteiger partial charge in [0.15, 0.2) is 0 Å². The molecule has 2 aromatic rings. The van der Waals surface area contributed by atoms with Gasteiger partial charge >= 0.3 is 5.97 Å². The van der Waals surface area contributed by atoms with Crippen molar-refractivity contribution in [1.29, 1.82) is 0 Å². The molecule has 4 atom stereocenters. The van der Waals surface area contributed by atoms with E-state index in [1.165, 1.54) is 0 Å². The van der Waals surface area contributed by atoms with Crippen molar-refractivity contribution in [3.63, 3.8) is 0 Å². The highest BCUT2D eigenvalue weighted by Crippen LogP contribution is 2.07. The van der Waals surface area contributed by atoms with Crippen LogP contribution in [0.1, 0.15) is 17.5 Å². The Bertz CT molecular complexity index is 1090. The molecule has 4 amide bonds. The quantitative estimate of drug-likeness (QED) is 0.155. The molecule has 12 heteroatoms. The van der Waals surface area contributed by atoms with Gasteiger partial charge in [0.05, 0.1) is 12.5 Å². The largest absolute Gasteiger partial charge is 0.480 e. The van der Waals surface area contributed by atoms with Gasteiger partial charge < -0.3 is 32.5 Å². The Morgan fingerprint density at radius 1 is 0.730 bits per heavy atom. The summed E-state index contributed by atoms with van der Waals surface area (Å²) < 4.78 is 0. The van der Waals surface area contributed by atoms with E-state index >= 15 is 0 Å². The standard InChI is InChI=1S/C25H31N5O6S/c26-17(11-15-7-3-1-4-8-15)22(32)28-18(12-16-9-5-2-6-10-16)23(33)30-20(14-37)24(34)29-19(25(35)36)13-21(27)31/h1-10,17-20,37H,11-14,26H2,(H2,27,31)(H,28,32)(H,29,34)(H,30,33)(H,35,36). The molecule has 0 spiro atoms. The third kappa shape index (κ3) is 9.94. The predicted octanol–water partition coefficient (Wildman–Crippen LogP) is -0.857. The number of rotatable bonds is 14. The zero-order chi connectivity index (χ0) is 27.4. The molecule has 0 fully saturated rings. The van der Waals surface area contributed by atoms with Crippen molar-refractivity contribution < 1.29 is 29.1 Å². The molecular weight excluding hydrogens is 498 g/mol. The number of nitrogens with one attached hydrogen (secondary N) is 3. The fourth-order valence-electron chi connectivity index (χ4n) is 3.44. The molecule has 0 aromatic heterocycles. The number of hydrogen-bond donors (Lipinski definition) is 7. The van der Waals surface area contributed by atoms with E-state index in [1.54, 1.807) is 30.3 Å². The lowest BCUT2D eigenvalue weighted by atomic mass is 10.0. The Kier molecular flexibility index (Phi) is 11.6. The van der Waals surface area contributed by atoms with Crippen molar-refractivity contribution in [2.24, 2.45) is 11.5 Å². The predicted molar refractivity (Wildman–Crippen MR) is 139 cm³/mol. The number of carboxylic acids is 1. The fourth-order valence-corrected chi connectivity index (χ4v) is 3.70. The Hall–Kier alpha value is -3.90. The first-order valence-corrected chi connectivity index (χ1v) is 12.1. The molecule has 11 nitrogen and oxygen atoms in total. The minimum atomic E-state index is -1.57. The second-order valence-corrected chi connectivity index (χ2v) is 8.73. The monoisotopic (exact) mass is 529 g/mol. The molecule has 0 saturated heterocycles. The van der Waals surface area contributed by atoms with Crippen LogP contribution in [0.25, 0.3) is 0 Å². The molecule has 0 bridgehead atoms. The Balaban J connectivity index is 2.13. The molecule has 0 aliphatic heterocycles. The second kappa shape index (κ2) is 14.6. The molecular formula is C25H31N5O6S. The Morgan fingerprint density at radius 2 is 1.19 bits per heavy atom. The first kappa shape index (κ1) is 29.3. The minimum absolute atomic E-state index is 0.108. The van der Waals surface area contributed by atoms with Crippen molar-refractivity contribution >= 4 is 42.2 Å². The maximum atomic E-state index is 13.2. The number of aliphatic carboxylic acids is 1. The van der Waals surface area contributed by atoms with Crippen molar-refractivity contribution in [3.8, 4) is 0 Å². The van der Waals surface area contributed by atoms with Gasteiger partial charge in [-0.25, -0.2) is 4.79 Å². The van der Waals surface area contributed by atoms with Crippen LogP contribution in [-0.2, 0) is 36.8 Å². The number of carbonyl (C=O) groups excluding carboxylic acids is 4. The molecule has 4 unspecified atom stereocenters. The van der Waals surface area contributed by atoms with Gasteiger partial charge in [-0.15, -0.1) is 0 Å². The summed E-state index contributed by atoms with van der Waals surface area (Å²) in [7, 11) is 0. The highest BCUT2D eigenvalue weighted by atomic mass is 32.1. The van der Waals surface area contributed by atoms with Crippen LogP contribution in [0.4, 0.5) is 0 Å². The zero-order valence-corrected chi connectivity index (χ0v) is 20.9. The van der Waals surface area contributed by atoms with E-state index in [-0.39, 0.29) is 18.6 Å². The maximum absolute atomic E-state index is 13.2. The smallest absolute Gasteiger partial charge is 0.326 e. The van der Waals surface area contributed by atoms with Crippen LogP contribution >= 0.6 is 12.6 Å². The number of benzene rings is 2. The highest BCUT2D eigenvalue weighted by molar-refractivity contribution is 7.80. The molecule has 37 heavy (non-hydrogen) atoms. The van der Waals surface area contributed by atoms with E-state index in [0.29, 0.717) is 0 Å². The number of primary amides is 1. The third-order valence-corrected chi connectivity index (χ3v) is 5.75. The Morgan fingerprint density at radius 3 is 1.68 bits per heavy atom. The molecule has 0 aliphatic rings. The van der Waals surface area contributed by atoms with Crippen LogP contribution in [-0.4, -0.2) is 64.6 Å². The van der Waals surface area contributed by atoms with E-state index < -0.39 is 60.2 Å². The van der Waals surface area contributed by atoms with E-state index in [4.69, 9.17) is 11.5 Å². The second-order valence-electron chi connectivity index (χ2n) is 8.36. The normalized spacial score (nSPS) is 13.9. The summed E-state index contributed by atoms with van der Waals surface area (Å²) in [6, 6.07) is 13.2. The SMILES string of the molecule is NC(=O)CC(NC(=O)C(CS)NC(=O)C(Cc1ccccc1)NC(=O)C(N)Cc1ccccc1)C(=O)O. The highest BCUT2D eigenvalue weighted by Gasteiger charge is 2.30. The lowest BCUT2D eigenvalue weighted by Crippen LogP contribution is -2.58. The lowest BCUT2D eigenvalue weighted by Gasteiger charge is -2.24. The molecule has 0 aliphatic carbocycles. The van der Waals surface area contributed by atoms with E-state index in [1.807, 2.05) is 30.3 Å². The summed E-state index contributed by atoms with van der Waals surface area (Å²) in [5, 5.41) is 16.5. The van der Waals surface area contributed by atoms with Crippen LogP contribution in [0.2, 0.25) is 0 Å². The summed E-state index contributed by atoms with van der Waals surface area (Å²) in [6.45, 7) is 0. The minimum Gasteiger partial charge on any atom is -0.480 e. The van der Waals surface area contributed by atoms with Crippen LogP contribution in [0.3, 0.4) is 0 Å². The van der Waals surface area contributed by atoms with E-state index in [0.717, 1.165) is 11.1 Å². The van der Waals surface area contributed by atoms with Gasteiger partial charge in [0.1, 0.15) is 18.1 Å². The average Bonchev–Trinajstić information content (AvgIpc) is 2.87. The fraction of sp³-hybridized carbons (Fsp3) is 0.320. The summed E-state index contributed by atoms with van der Waals surface area (Å²) in [5.74, 6) is -4.68. The zero-order valence-electron chi connectivity index (χ0n) is 20.0. The van der Waals surface area contributed by atoms with Crippen LogP contribution in [0.5, 0.6) is 0 Å². The van der Waals surface area contributed by atoms with Gasteiger partial charge in [-0.2, -0.15) is 12.6 Å². The van der Waals surface area contributed by atoms with Crippen molar-refractivity contribution in [2.75, 3.05) is 5.75 Å². The summed E-state index contributed by atoms with van der Waals surface area (Å²) >= 11 is 4.08. The average molecular weight is 530 g/mol. The number of amides is 4. The molecule has 8 N–H and O–H groups in total. The van der Waals surface area contributed by atoms with Gasteiger partial charge in [-0.3, -0.25) is 19.2 Å². The van der Waals surface area contributed by atoms with E-state index in [9.17, 15) is 29.1 Å². The van der Waals surface area contributed by atoms with Crippen LogP contribution < -0.4 is 27.4 Å². The first-order chi connectivity index (χ1) is 17.6. The van der Waals surface area contributed by atoms with Gasteiger partial charge in [0.2, 0.25) is 23.6 Å². The molecule has 2 rings (SSSR count). The topological polar surface area (TPSA) is 194 Å². The molecule has 198 valence electrons. The number of nitrogens with two attached hydrogens (primary N) is 2. The van der Waals surface area contributed by atoms with Gasteiger partial charge in [0, 0.05) is 12.2 Å². The van der Waals surface area contributed by atoms with Gasteiger partial charge in [-0.1, -0.05) is 60.7 Å². The number of carbonyl (C=O) groups is 5. The number of hydrogen-bond acceptors (Lipinski definition) is 7. The molecule has 0 heterocycles. The number of carboxylic acid groups (broad SMARTS) is 1. The summed E-state index contributed by atoms with van der Waals surface area (Å²) in [4.78, 5) is 61.1. The van der Waals surface area contributed by atoms with Crippen molar-refractivity contribution in [3.05, 3.63) is 71.8 Å². The van der Waals surface area contributed by atoms with Crippen LogP contribution in [0, 0.1) is 0 Å². The van der Waals surface area contributed by atoms with Crippen molar-refractivity contribution in [2.45, 2.75) is 43.4 Å². The van der Waals surface area contributed by atoms with Crippen molar-refractivity contribution in [1.82, 2.24) is 16.0 Å². The van der Waals surface area contributed by atoms with Gasteiger partial charge in [-0.05, 0) is 17.5 Å². The molecule has 2 aromatic carbocycles. The van der Waals surface area contributed by atoms with E-state index in [2.05, 4.69) is 28.6 Å². The molecule has 0 radical (unpaired) electrons. The lowest BCUT2D eigenvalue weighted by molar-refractivity contribution is -0.143. The maximum Gasteiger partial charge on any atom is 0.326 e. The molecule has 0 saturated carbocycles.